The van der Waals surface area contributed by atoms with Crippen molar-refractivity contribution in [1.82, 2.24) is 25.4 Å². The van der Waals surface area contributed by atoms with Crippen molar-refractivity contribution in [2.24, 2.45) is 5.92 Å². The van der Waals surface area contributed by atoms with Crippen LogP contribution in [0.1, 0.15) is 26.1 Å². The molecule has 0 aromatic carbocycles. The van der Waals surface area contributed by atoms with E-state index in [1.165, 1.54) is 11.2 Å². The van der Waals surface area contributed by atoms with Gasteiger partial charge in [0.25, 0.3) is 0 Å². The average Bonchev–Trinajstić information content (AvgIpc) is 2.93. The lowest BCUT2D eigenvalue weighted by Gasteiger charge is -2.23. The Hall–Kier alpha value is -2.12. The highest BCUT2D eigenvalue weighted by atomic mass is 16.4. The van der Waals surface area contributed by atoms with Crippen molar-refractivity contribution >= 4 is 12.0 Å². The maximum Gasteiger partial charge on any atom is 0.317 e. The van der Waals surface area contributed by atoms with E-state index in [0.29, 0.717) is 19.5 Å². The molecule has 1 atom stereocenters. The molecule has 0 aliphatic rings. The van der Waals surface area contributed by atoms with Gasteiger partial charge in [-0.1, -0.05) is 6.92 Å². The molecule has 0 saturated carbocycles. The number of nitrogens with zero attached hydrogens (tertiary/aromatic N) is 3. The zero-order chi connectivity index (χ0) is 15.0. The van der Waals surface area contributed by atoms with Crippen molar-refractivity contribution in [3.8, 4) is 0 Å². The smallest absolute Gasteiger partial charge is 0.317 e. The van der Waals surface area contributed by atoms with Crippen LogP contribution in [0.3, 0.4) is 0 Å². The van der Waals surface area contributed by atoms with E-state index < -0.39 is 11.9 Å². The zero-order valence-corrected chi connectivity index (χ0v) is 11.8. The number of aryl methyl sites for hydroxylation is 1. The Bertz CT molecular complexity index is 421. The van der Waals surface area contributed by atoms with E-state index in [1.807, 2.05) is 6.92 Å². The van der Waals surface area contributed by atoms with Crippen LogP contribution in [0.5, 0.6) is 0 Å². The maximum absolute atomic E-state index is 11.9. The predicted molar refractivity (Wildman–Crippen MR) is 72.1 cm³/mol. The van der Waals surface area contributed by atoms with Crippen LogP contribution < -0.4 is 5.32 Å². The van der Waals surface area contributed by atoms with Gasteiger partial charge in [0.2, 0.25) is 0 Å². The minimum atomic E-state index is -0.901. The Morgan fingerprint density at radius 2 is 2.30 bits per heavy atom. The number of rotatable bonds is 8. The molecule has 0 aliphatic carbocycles. The number of aromatic amines is 1. The zero-order valence-electron chi connectivity index (χ0n) is 11.8. The van der Waals surface area contributed by atoms with E-state index in [-0.39, 0.29) is 12.6 Å². The van der Waals surface area contributed by atoms with Gasteiger partial charge in [-0.3, -0.25) is 9.89 Å². The van der Waals surface area contributed by atoms with Crippen LogP contribution in [-0.4, -0.2) is 56.8 Å². The third kappa shape index (κ3) is 5.25. The van der Waals surface area contributed by atoms with Crippen molar-refractivity contribution in [3.05, 3.63) is 12.2 Å². The van der Waals surface area contributed by atoms with Crippen LogP contribution in [-0.2, 0) is 11.2 Å². The van der Waals surface area contributed by atoms with Crippen LogP contribution in [0.4, 0.5) is 4.79 Å². The van der Waals surface area contributed by atoms with Crippen LogP contribution in [0.15, 0.2) is 6.33 Å². The molecule has 0 saturated heterocycles. The molecule has 1 aromatic rings. The van der Waals surface area contributed by atoms with E-state index in [4.69, 9.17) is 5.11 Å². The van der Waals surface area contributed by atoms with Crippen LogP contribution in [0.2, 0.25) is 0 Å². The van der Waals surface area contributed by atoms with Gasteiger partial charge in [-0.15, -0.1) is 0 Å². The van der Waals surface area contributed by atoms with Gasteiger partial charge in [0, 0.05) is 26.1 Å². The number of aromatic nitrogens is 3. The molecule has 1 unspecified atom stereocenters. The van der Waals surface area contributed by atoms with E-state index in [2.05, 4.69) is 20.5 Å². The SMILES string of the molecule is CCN(CC(C)C(=O)O)C(=O)NCCCc1ncn[nH]1. The second kappa shape index (κ2) is 8.13. The van der Waals surface area contributed by atoms with Gasteiger partial charge in [-0.25, -0.2) is 9.78 Å². The van der Waals surface area contributed by atoms with Crippen LogP contribution in [0, 0.1) is 5.92 Å². The first kappa shape index (κ1) is 15.9. The van der Waals surface area contributed by atoms with Crippen molar-refractivity contribution < 1.29 is 14.7 Å². The van der Waals surface area contributed by atoms with Gasteiger partial charge in [0.05, 0.1) is 5.92 Å². The first-order chi connectivity index (χ1) is 9.54. The highest BCUT2D eigenvalue weighted by Crippen LogP contribution is 2.01. The molecule has 8 heteroatoms. The van der Waals surface area contributed by atoms with E-state index >= 15 is 0 Å². The van der Waals surface area contributed by atoms with Crippen molar-refractivity contribution in [3.63, 3.8) is 0 Å². The molecular weight excluding hydrogens is 262 g/mol. The van der Waals surface area contributed by atoms with E-state index in [1.54, 1.807) is 6.92 Å². The number of urea groups is 1. The van der Waals surface area contributed by atoms with Gasteiger partial charge >= 0.3 is 12.0 Å². The van der Waals surface area contributed by atoms with Crippen molar-refractivity contribution in [2.45, 2.75) is 26.7 Å². The summed E-state index contributed by atoms with van der Waals surface area (Å²) in [7, 11) is 0. The van der Waals surface area contributed by atoms with Gasteiger partial charge in [-0.2, -0.15) is 5.10 Å². The molecule has 20 heavy (non-hydrogen) atoms. The number of amides is 2. The van der Waals surface area contributed by atoms with Gasteiger partial charge in [0.1, 0.15) is 12.2 Å². The number of carbonyl (C=O) groups excluding carboxylic acids is 1. The average molecular weight is 283 g/mol. The number of carbonyl (C=O) groups is 2. The minimum Gasteiger partial charge on any atom is -0.481 e. The molecule has 0 fully saturated rings. The summed E-state index contributed by atoms with van der Waals surface area (Å²) in [5.41, 5.74) is 0. The Labute approximate surface area is 117 Å². The summed E-state index contributed by atoms with van der Waals surface area (Å²) in [6.07, 6.45) is 2.89. The molecule has 8 nitrogen and oxygen atoms in total. The van der Waals surface area contributed by atoms with Crippen LogP contribution in [0.25, 0.3) is 0 Å². The largest absolute Gasteiger partial charge is 0.481 e. The molecule has 2 amide bonds. The molecule has 1 heterocycles. The summed E-state index contributed by atoms with van der Waals surface area (Å²) in [5.74, 6) is -0.692. The lowest BCUT2D eigenvalue weighted by Crippen LogP contribution is -2.43. The summed E-state index contributed by atoms with van der Waals surface area (Å²) >= 11 is 0. The molecular formula is C12H21N5O3. The summed E-state index contributed by atoms with van der Waals surface area (Å²) < 4.78 is 0. The Kier molecular flexibility index (Phi) is 6.48. The molecule has 3 N–H and O–H groups in total. The second-order valence-electron chi connectivity index (χ2n) is 4.55. The molecule has 1 aromatic heterocycles. The molecule has 112 valence electrons. The number of H-pyrrole nitrogens is 1. The highest BCUT2D eigenvalue weighted by Gasteiger charge is 2.18. The maximum atomic E-state index is 11.9. The second-order valence-corrected chi connectivity index (χ2v) is 4.55. The molecule has 0 spiro atoms. The minimum absolute atomic E-state index is 0.208. The summed E-state index contributed by atoms with van der Waals surface area (Å²) in [6, 6.07) is -0.238. The third-order valence-electron chi connectivity index (χ3n) is 2.92. The number of hydrogen-bond acceptors (Lipinski definition) is 4. The van der Waals surface area contributed by atoms with Gasteiger partial charge < -0.3 is 15.3 Å². The molecule has 0 aliphatic heterocycles. The number of aliphatic carboxylic acids is 1. The number of nitrogens with one attached hydrogen (secondary N) is 2. The lowest BCUT2D eigenvalue weighted by atomic mass is 10.2. The van der Waals surface area contributed by atoms with Gasteiger partial charge in [0.15, 0.2) is 0 Å². The first-order valence-corrected chi connectivity index (χ1v) is 6.64. The molecule has 0 radical (unpaired) electrons. The fraction of sp³-hybridized carbons (Fsp3) is 0.667. The van der Waals surface area contributed by atoms with E-state index in [9.17, 15) is 9.59 Å². The van der Waals surface area contributed by atoms with E-state index in [0.717, 1.165) is 12.2 Å². The predicted octanol–water partition coefficient (Wildman–Crippen LogP) is 0.489. The number of carboxylic acid groups (broad SMARTS) is 1. The third-order valence-corrected chi connectivity index (χ3v) is 2.92. The quantitative estimate of drug-likeness (QED) is 0.601. The fourth-order valence-corrected chi connectivity index (χ4v) is 1.68. The lowest BCUT2D eigenvalue weighted by molar-refractivity contribution is -0.141. The Morgan fingerprint density at radius 1 is 1.55 bits per heavy atom. The van der Waals surface area contributed by atoms with Crippen LogP contribution >= 0.6 is 0 Å². The molecule has 1 rings (SSSR count). The Morgan fingerprint density at radius 3 is 2.85 bits per heavy atom. The monoisotopic (exact) mass is 283 g/mol. The number of hydrogen-bond donors (Lipinski definition) is 3. The summed E-state index contributed by atoms with van der Waals surface area (Å²) in [6.45, 7) is 4.60. The topological polar surface area (TPSA) is 111 Å². The van der Waals surface area contributed by atoms with Gasteiger partial charge in [-0.05, 0) is 13.3 Å². The van der Waals surface area contributed by atoms with Crippen molar-refractivity contribution in [1.29, 1.82) is 0 Å². The standard InChI is InChI=1S/C12H21N5O3/c1-3-17(7-9(2)11(18)19)12(20)13-6-4-5-10-14-8-15-16-10/h8-9H,3-7H2,1-2H3,(H,13,20)(H,18,19)(H,14,15,16). The fourth-order valence-electron chi connectivity index (χ4n) is 1.68. The summed E-state index contributed by atoms with van der Waals surface area (Å²) in [4.78, 5) is 28.2. The number of carboxylic acids is 1. The first-order valence-electron chi connectivity index (χ1n) is 6.64. The Balaban J connectivity index is 2.26. The summed E-state index contributed by atoms with van der Waals surface area (Å²) in [5, 5.41) is 18.1. The normalized spacial score (nSPS) is 11.9. The highest BCUT2D eigenvalue weighted by molar-refractivity contribution is 5.75. The van der Waals surface area contributed by atoms with Crippen molar-refractivity contribution in [2.75, 3.05) is 19.6 Å². The molecule has 0 bridgehead atoms.